The van der Waals surface area contributed by atoms with E-state index >= 15 is 0 Å². The van der Waals surface area contributed by atoms with Gasteiger partial charge in [0, 0.05) is 17.1 Å². The van der Waals surface area contributed by atoms with E-state index in [4.69, 9.17) is 4.74 Å². The number of hydrogen-bond donors (Lipinski definition) is 1. The van der Waals surface area contributed by atoms with Crippen molar-refractivity contribution in [1.82, 2.24) is 19.6 Å². The summed E-state index contributed by atoms with van der Waals surface area (Å²) in [5.41, 5.74) is 4.04. The first-order chi connectivity index (χ1) is 11.9. The van der Waals surface area contributed by atoms with Gasteiger partial charge >= 0.3 is 0 Å². The van der Waals surface area contributed by atoms with E-state index in [1.165, 1.54) is 11.8 Å². The van der Waals surface area contributed by atoms with Gasteiger partial charge in [-0.15, -0.1) is 5.10 Å². The van der Waals surface area contributed by atoms with Crippen molar-refractivity contribution in [1.29, 1.82) is 0 Å². The summed E-state index contributed by atoms with van der Waals surface area (Å²) < 4.78 is 7.51. The number of aliphatic hydroxyl groups excluding tert-OH is 1. The van der Waals surface area contributed by atoms with Crippen molar-refractivity contribution in [3.05, 3.63) is 46.8 Å². The topological polar surface area (TPSA) is 72.5 Å². The van der Waals surface area contributed by atoms with Crippen LogP contribution < -0.4 is 4.74 Å². The maximum Gasteiger partial charge on any atom is 0.253 e. The summed E-state index contributed by atoms with van der Waals surface area (Å²) in [6.07, 6.45) is -0.605. The molecule has 2 aromatic heterocycles. The van der Waals surface area contributed by atoms with Crippen LogP contribution in [-0.4, -0.2) is 43.2 Å². The molecule has 0 aliphatic rings. The highest BCUT2D eigenvalue weighted by Gasteiger charge is 2.13. The molecule has 0 unspecified atom stereocenters. The zero-order valence-electron chi connectivity index (χ0n) is 14.9. The molecule has 0 amide bonds. The average molecular weight is 358 g/mol. The molecule has 0 bridgehead atoms. The summed E-state index contributed by atoms with van der Waals surface area (Å²) in [5, 5.41) is 15.2. The summed E-state index contributed by atoms with van der Waals surface area (Å²) in [4.78, 5) is 8.77. The number of hydrogen-bond acceptors (Lipinski definition) is 6. The van der Waals surface area contributed by atoms with Gasteiger partial charge in [-0.3, -0.25) is 0 Å². The predicted octanol–water partition coefficient (Wildman–Crippen LogP) is 2.89. The lowest BCUT2D eigenvalue weighted by Crippen LogP contribution is -2.20. The second-order valence-electron chi connectivity index (χ2n) is 6.14. The second kappa shape index (κ2) is 7.41. The van der Waals surface area contributed by atoms with Crippen LogP contribution in [0.2, 0.25) is 0 Å². The number of thioether (sulfide) groups is 1. The van der Waals surface area contributed by atoms with Gasteiger partial charge in [-0.2, -0.15) is 4.98 Å². The Kier molecular flexibility index (Phi) is 5.24. The smallest absolute Gasteiger partial charge is 0.253 e. The molecule has 0 saturated carbocycles. The minimum absolute atomic E-state index is 0.239. The lowest BCUT2D eigenvalue weighted by Gasteiger charge is -2.14. The minimum atomic E-state index is -0.605. The number of aryl methyl sites for hydroxylation is 4. The molecule has 2 heterocycles. The number of para-hydroxylation sites is 1. The normalized spacial score (nSPS) is 12.5. The quantitative estimate of drug-likeness (QED) is 0.683. The second-order valence-corrected chi connectivity index (χ2v) is 7.13. The maximum atomic E-state index is 10.2. The Morgan fingerprint density at radius 3 is 2.60 bits per heavy atom. The van der Waals surface area contributed by atoms with E-state index in [0.29, 0.717) is 16.7 Å². The molecule has 1 N–H and O–H groups in total. The Hall–Kier alpha value is -2.12. The third-order valence-electron chi connectivity index (χ3n) is 3.83. The lowest BCUT2D eigenvalue weighted by atomic mass is 10.1. The number of aromatic nitrogens is 4. The summed E-state index contributed by atoms with van der Waals surface area (Å²) in [6.45, 7) is 8.15. The van der Waals surface area contributed by atoms with Crippen LogP contribution >= 0.6 is 11.8 Å². The van der Waals surface area contributed by atoms with Crippen molar-refractivity contribution < 1.29 is 9.84 Å². The van der Waals surface area contributed by atoms with Crippen LogP contribution in [0, 0.1) is 27.7 Å². The molecule has 25 heavy (non-hydrogen) atoms. The van der Waals surface area contributed by atoms with Crippen molar-refractivity contribution in [3.8, 4) is 5.75 Å². The van der Waals surface area contributed by atoms with Crippen LogP contribution in [0.1, 0.15) is 22.5 Å². The molecule has 0 aliphatic heterocycles. The van der Waals surface area contributed by atoms with E-state index in [1.807, 2.05) is 52.0 Å². The van der Waals surface area contributed by atoms with E-state index in [2.05, 4.69) is 15.1 Å². The molecule has 0 aliphatic carbocycles. The first-order valence-electron chi connectivity index (χ1n) is 8.15. The van der Waals surface area contributed by atoms with E-state index in [1.54, 1.807) is 4.52 Å². The molecule has 0 spiro atoms. The Bertz CT molecular complexity index is 874. The molecule has 1 atom stereocenters. The van der Waals surface area contributed by atoms with Gasteiger partial charge in [0.1, 0.15) is 12.4 Å². The molecule has 1 aromatic carbocycles. The van der Waals surface area contributed by atoms with E-state index < -0.39 is 6.10 Å². The number of fused-ring (bicyclic) bond motifs is 1. The molecule has 0 fully saturated rings. The number of benzene rings is 1. The Morgan fingerprint density at radius 1 is 1.16 bits per heavy atom. The molecule has 6 nitrogen and oxygen atoms in total. The number of nitrogens with zero attached hydrogens (tertiary/aromatic N) is 4. The van der Waals surface area contributed by atoms with E-state index in [0.717, 1.165) is 28.3 Å². The van der Waals surface area contributed by atoms with Crippen molar-refractivity contribution in [2.45, 2.75) is 39.0 Å². The summed E-state index contributed by atoms with van der Waals surface area (Å²) in [5.74, 6) is 1.88. The summed E-state index contributed by atoms with van der Waals surface area (Å²) >= 11 is 1.40. The van der Waals surface area contributed by atoms with Gasteiger partial charge < -0.3 is 9.84 Å². The van der Waals surface area contributed by atoms with Gasteiger partial charge in [0.05, 0.1) is 6.10 Å². The van der Waals surface area contributed by atoms with Gasteiger partial charge in [0.15, 0.2) is 0 Å². The fraction of sp³-hybridized carbons (Fsp3) is 0.389. The average Bonchev–Trinajstić information content (AvgIpc) is 2.95. The first kappa shape index (κ1) is 17.7. The van der Waals surface area contributed by atoms with Crippen LogP contribution in [0.3, 0.4) is 0 Å². The highest BCUT2D eigenvalue weighted by Crippen LogP contribution is 2.23. The third-order valence-corrected chi connectivity index (χ3v) is 4.82. The summed E-state index contributed by atoms with van der Waals surface area (Å²) in [6, 6.07) is 7.96. The maximum absolute atomic E-state index is 10.2. The van der Waals surface area contributed by atoms with Crippen LogP contribution in [0.15, 0.2) is 29.4 Å². The number of ether oxygens (including phenoxy) is 1. The Morgan fingerprint density at radius 2 is 1.88 bits per heavy atom. The Labute approximate surface area is 151 Å². The lowest BCUT2D eigenvalue weighted by molar-refractivity contribution is 0.125. The molecule has 0 saturated heterocycles. The van der Waals surface area contributed by atoms with Crippen molar-refractivity contribution in [3.63, 3.8) is 0 Å². The summed E-state index contributed by atoms with van der Waals surface area (Å²) in [7, 11) is 0. The molecular weight excluding hydrogens is 336 g/mol. The van der Waals surface area contributed by atoms with E-state index in [-0.39, 0.29) is 6.61 Å². The fourth-order valence-corrected chi connectivity index (χ4v) is 3.36. The largest absolute Gasteiger partial charge is 0.490 e. The predicted molar refractivity (Wildman–Crippen MR) is 98.4 cm³/mol. The van der Waals surface area contributed by atoms with Crippen molar-refractivity contribution in [2.75, 3.05) is 12.4 Å². The number of aliphatic hydroxyl groups is 1. The van der Waals surface area contributed by atoms with Crippen molar-refractivity contribution >= 4 is 17.5 Å². The molecule has 132 valence electrons. The SMILES string of the molecule is Cc1cc(C)n2nc(SC[C@H](O)COc3c(C)cccc3C)nc2n1. The van der Waals surface area contributed by atoms with Crippen molar-refractivity contribution in [2.24, 2.45) is 0 Å². The molecule has 0 radical (unpaired) electrons. The standard InChI is InChI=1S/C18H22N4O2S/c1-11-6-5-7-12(2)16(11)24-9-15(23)10-25-18-20-17-19-13(3)8-14(4)22(17)21-18/h5-8,15,23H,9-10H2,1-4H3/t15-/m1/s1. The first-order valence-corrected chi connectivity index (χ1v) is 9.13. The van der Waals surface area contributed by atoms with Crippen LogP contribution in [0.4, 0.5) is 0 Å². The van der Waals surface area contributed by atoms with Gasteiger partial charge in [-0.25, -0.2) is 9.50 Å². The van der Waals surface area contributed by atoms with E-state index in [9.17, 15) is 5.11 Å². The molecule has 3 rings (SSSR count). The zero-order chi connectivity index (χ0) is 18.0. The third kappa shape index (κ3) is 4.11. The molecular formula is C18H22N4O2S. The van der Waals surface area contributed by atoms with Gasteiger partial charge in [-0.1, -0.05) is 30.0 Å². The van der Waals surface area contributed by atoms with Crippen LogP contribution in [-0.2, 0) is 0 Å². The Balaban J connectivity index is 1.59. The highest BCUT2D eigenvalue weighted by molar-refractivity contribution is 7.99. The molecule has 7 heteroatoms. The van der Waals surface area contributed by atoms with Gasteiger partial charge in [0.25, 0.3) is 5.78 Å². The van der Waals surface area contributed by atoms with Gasteiger partial charge in [0.2, 0.25) is 5.16 Å². The minimum Gasteiger partial charge on any atom is -0.490 e. The zero-order valence-corrected chi connectivity index (χ0v) is 15.7. The highest BCUT2D eigenvalue weighted by atomic mass is 32.2. The number of rotatable bonds is 6. The van der Waals surface area contributed by atoms with Crippen LogP contribution in [0.5, 0.6) is 5.75 Å². The molecule has 3 aromatic rings. The fourth-order valence-electron chi connectivity index (χ4n) is 2.63. The monoisotopic (exact) mass is 358 g/mol. The van der Waals surface area contributed by atoms with Gasteiger partial charge in [-0.05, 0) is 44.9 Å². The van der Waals surface area contributed by atoms with Crippen LogP contribution in [0.25, 0.3) is 5.78 Å².